The van der Waals surface area contributed by atoms with Crippen molar-refractivity contribution in [1.82, 2.24) is 4.31 Å². The van der Waals surface area contributed by atoms with Crippen molar-refractivity contribution in [1.29, 1.82) is 0 Å². The van der Waals surface area contributed by atoms with Crippen LogP contribution in [0.1, 0.15) is 38.5 Å². The van der Waals surface area contributed by atoms with Crippen LogP contribution in [0.15, 0.2) is 46.2 Å². The molecule has 1 atom stereocenters. The fourth-order valence-electron chi connectivity index (χ4n) is 5.98. The van der Waals surface area contributed by atoms with Crippen LogP contribution in [0.2, 0.25) is 0 Å². The van der Waals surface area contributed by atoms with Gasteiger partial charge in [-0.25, -0.2) is 12.8 Å². The molecule has 14 heteroatoms. The van der Waals surface area contributed by atoms with Crippen LogP contribution in [0.25, 0.3) is 0 Å². The molecule has 6 rings (SSSR count). The fourth-order valence-corrected chi connectivity index (χ4v) is 9.20. The number of likely N-dealkylation sites (N-methyl/N-ethyl adjacent to an activating group) is 1. The summed E-state index contributed by atoms with van der Waals surface area (Å²) in [6, 6.07) is 7.33. The quantitative estimate of drug-likeness (QED) is 0.341. The number of aliphatic carboxylic acids is 1. The van der Waals surface area contributed by atoms with E-state index in [1.807, 2.05) is 0 Å². The Hall–Kier alpha value is -2.55. The van der Waals surface area contributed by atoms with Crippen LogP contribution in [0.3, 0.4) is 0 Å². The zero-order chi connectivity index (χ0) is 30.8. The highest BCUT2D eigenvalue weighted by atomic mass is 32.2. The monoisotopic (exact) mass is 644 g/mol. The molecular weight excluding hydrogens is 612 g/mol. The van der Waals surface area contributed by atoms with E-state index in [0.29, 0.717) is 16.0 Å². The van der Waals surface area contributed by atoms with Gasteiger partial charge in [-0.2, -0.15) is 17.5 Å². The summed E-state index contributed by atoms with van der Waals surface area (Å²) in [6.45, 7) is -0.419. The van der Waals surface area contributed by atoms with Crippen LogP contribution in [0.5, 0.6) is 5.75 Å². The molecule has 4 aliphatic rings. The van der Waals surface area contributed by atoms with Crippen molar-refractivity contribution >= 4 is 39.1 Å². The lowest BCUT2D eigenvalue weighted by atomic mass is 9.81. The minimum absolute atomic E-state index is 0.0405. The maximum Gasteiger partial charge on any atom is 0.389 e. The molecule has 234 valence electrons. The Morgan fingerprint density at radius 3 is 2.40 bits per heavy atom. The van der Waals surface area contributed by atoms with Crippen molar-refractivity contribution in [3.63, 3.8) is 0 Å². The number of anilines is 2. The number of ether oxygens (including phenoxy) is 2. The highest BCUT2D eigenvalue weighted by Gasteiger charge is 2.53. The fraction of sp³-hybridized carbons (Fsp3) is 0.552. The average Bonchev–Trinajstić information content (AvgIpc) is 3.69. The Kier molecular flexibility index (Phi) is 7.66. The van der Waals surface area contributed by atoms with Crippen LogP contribution in [-0.4, -0.2) is 74.7 Å². The Balaban J connectivity index is 1.43. The predicted octanol–water partition coefficient (Wildman–Crippen LogP) is 5.82. The van der Waals surface area contributed by atoms with Gasteiger partial charge in [0.15, 0.2) is 0 Å². The number of hydrogen-bond acceptors (Lipinski definition) is 7. The molecule has 2 saturated carbocycles. The van der Waals surface area contributed by atoms with E-state index in [9.17, 15) is 35.9 Å². The Morgan fingerprint density at radius 2 is 1.84 bits per heavy atom. The van der Waals surface area contributed by atoms with E-state index in [0.717, 1.165) is 17.1 Å². The molecule has 3 fully saturated rings. The van der Waals surface area contributed by atoms with Gasteiger partial charge >= 0.3 is 12.1 Å². The minimum Gasteiger partial charge on any atom is -0.491 e. The first kappa shape index (κ1) is 30.5. The van der Waals surface area contributed by atoms with E-state index in [4.69, 9.17) is 9.47 Å². The number of rotatable bonds is 9. The summed E-state index contributed by atoms with van der Waals surface area (Å²) in [6.07, 6.45) is -1.76. The molecule has 8 nitrogen and oxygen atoms in total. The molecule has 2 heterocycles. The molecular formula is C29H32F4N2O6S2. The van der Waals surface area contributed by atoms with E-state index in [1.165, 1.54) is 62.0 Å². The van der Waals surface area contributed by atoms with Gasteiger partial charge in [0.1, 0.15) is 28.5 Å². The summed E-state index contributed by atoms with van der Waals surface area (Å²) in [5, 5.41) is 10.0. The summed E-state index contributed by atoms with van der Waals surface area (Å²) in [5.74, 6) is -1.40. The van der Waals surface area contributed by atoms with Gasteiger partial charge in [-0.3, -0.25) is 4.79 Å². The molecule has 0 aromatic heterocycles. The maximum absolute atomic E-state index is 14.0. The third-order valence-corrected chi connectivity index (χ3v) is 12.2. The van der Waals surface area contributed by atoms with Gasteiger partial charge in [0.25, 0.3) is 0 Å². The maximum atomic E-state index is 14.0. The molecule has 0 unspecified atom stereocenters. The topological polar surface area (TPSA) is 96.4 Å². The van der Waals surface area contributed by atoms with Crippen molar-refractivity contribution in [3.8, 4) is 5.75 Å². The number of fused-ring (bicyclic) bond motifs is 1. The molecule has 1 spiro atoms. The zero-order valence-electron chi connectivity index (χ0n) is 23.4. The predicted molar refractivity (Wildman–Crippen MR) is 151 cm³/mol. The van der Waals surface area contributed by atoms with E-state index in [-0.39, 0.29) is 47.9 Å². The second-order valence-corrected chi connectivity index (χ2v) is 15.5. The zero-order valence-corrected chi connectivity index (χ0v) is 25.0. The van der Waals surface area contributed by atoms with Crippen LogP contribution in [-0.2, 0) is 19.6 Å². The summed E-state index contributed by atoms with van der Waals surface area (Å²) in [7, 11) is -3.08. The highest BCUT2D eigenvalue weighted by molar-refractivity contribution is 8.00. The number of carboxylic acid groups (broad SMARTS) is 1. The molecule has 2 aromatic rings. The van der Waals surface area contributed by atoms with Crippen molar-refractivity contribution in [2.24, 2.45) is 10.8 Å². The van der Waals surface area contributed by atoms with Crippen LogP contribution in [0.4, 0.5) is 28.9 Å². The molecule has 2 aliphatic heterocycles. The molecule has 1 saturated heterocycles. The Labute approximate surface area is 251 Å². The number of sulfonamides is 1. The lowest BCUT2D eigenvalue weighted by molar-refractivity contribution is -0.185. The van der Waals surface area contributed by atoms with E-state index < -0.39 is 52.3 Å². The van der Waals surface area contributed by atoms with Crippen LogP contribution >= 0.6 is 11.8 Å². The van der Waals surface area contributed by atoms with E-state index >= 15 is 0 Å². The molecule has 0 amide bonds. The second-order valence-electron chi connectivity index (χ2n) is 12.2. The summed E-state index contributed by atoms with van der Waals surface area (Å²) in [4.78, 5) is 14.0. The number of halogens is 4. The first-order valence-corrected chi connectivity index (χ1v) is 16.4. The first-order chi connectivity index (χ1) is 20.2. The Morgan fingerprint density at radius 1 is 1.16 bits per heavy atom. The third-order valence-electron chi connectivity index (χ3n) is 9.07. The number of benzene rings is 2. The molecule has 2 aliphatic carbocycles. The Bertz CT molecular complexity index is 1500. The summed E-state index contributed by atoms with van der Waals surface area (Å²) in [5.41, 5.74) is -0.212. The van der Waals surface area contributed by atoms with Gasteiger partial charge in [-0.05, 0) is 67.9 Å². The van der Waals surface area contributed by atoms with Gasteiger partial charge < -0.3 is 19.5 Å². The van der Waals surface area contributed by atoms with Gasteiger partial charge in [0.2, 0.25) is 10.0 Å². The molecule has 1 N–H and O–H groups in total. The number of carboxylic acids is 1. The van der Waals surface area contributed by atoms with Gasteiger partial charge in [-0.1, -0.05) is 0 Å². The lowest BCUT2D eigenvalue weighted by Crippen LogP contribution is -2.53. The van der Waals surface area contributed by atoms with E-state index in [1.54, 1.807) is 11.0 Å². The number of alkyl halides is 3. The standard InChI is InChI=1S/C29H32F4N2O6S2/c1-34-20(6-7-29(31,32)33)14-35(19-4-2-18(30)3-5-19)22-10-24(42-21-12-27(13-21)8-9-27)23(11-25(22)43(34,38)39)41-17-28(26(36)37)15-40-16-28/h2-5,10-11,20-21H,6-9,12-17H2,1H3,(H,36,37)/t20-/m1/s1. The smallest absolute Gasteiger partial charge is 0.389 e. The largest absolute Gasteiger partial charge is 0.491 e. The first-order valence-electron chi connectivity index (χ1n) is 14.1. The minimum atomic E-state index is -4.48. The van der Waals surface area contributed by atoms with Crippen LogP contribution < -0.4 is 9.64 Å². The van der Waals surface area contributed by atoms with Crippen molar-refractivity contribution in [3.05, 3.63) is 42.2 Å². The van der Waals surface area contributed by atoms with Gasteiger partial charge in [0.05, 0.1) is 23.8 Å². The van der Waals surface area contributed by atoms with Crippen molar-refractivity contribution < 1.29 is 45.4 Å². The third kappa shape index (κ3) is 5.95. The number of nitrogens with zero attached hydrogens (tertiary/aromatic N) is 2. The molecule has 0 radical (unpaired) electrons. The second kappa shape index (κ2) is 10.8. The lowest BCUT2D eigenvalue weighted by Gasteiger charge is -2.38. The number of thioether (sulfide) groups is 1. The SMILES string of the molecule is CN1[C@H](CCC(F)(F)F)CN(c2ccc(F)cc2)c2cc(SC3CC4(CC4)C3)c(OCC3(C(=O)O)COC3)cc2S1(=O)=O. The number of hydrogen-bond donors (Lipinski definition) is 1. The van der Waals surface area contributed by atoms with Gasteiger partial charge in [-0.15, -0.1) is 11.8 Å². The van der Waals surface area contributed by atoms with E-state index in [2.05, 4.69) is 0 Å². The van der Waals surface area contributed by atoms with Crippen molar-refractivity contribution in [2.45, 2.75) is 65.8 Å². The number of carbonyl (C=O) groups is 1. The molecule has 2 aromatic carbocycles. The normalized spacial score (nSPS) is 24.0. The molecule has 43 heavy (non-hydrogen) atoms. The average molecular weight is 645 g/mol. The van der Waals surface area contributed by atoms with Crippen molar-refractivity contribution in [2.75, 3.05) is 38.3 Å². The highest BCUT2D eigenvalue weighted by Crippen LogP contribution is 2.65. The van der Waals surface area contributed by atoms with Crippen LogP contribution in [0, 0.1) is 16.6 Å². The van der Waals surface area contributed by atoms with Gasteiger partial charge in [0, 0.05) is 43.1 Å². The molecule has 0 bridgehead atoms. The summed E-state index contributed by atoms with van der Waals surface area (Å²) < 4.78 is 93.8. The summed E-state index contributed by atoms with van der Waals surface area (Å²) >= 11 is 1.53.